The number of nitrogens with zero attached hydrogens (tertiary/aromatic N) is 7. The highest BCUT2D eigenvalue weighted by Crippen LogP contribution is 2.19. The van der Waals surface area contributed by atoms with E-state index in [0.717, 1.165) is 49.6 Å². The fraction of sp³-hybridized carbons (Fsp3) is 0.529. The van der Waals surface area contributed by atoms with Gasteiger partial charge >= 0.3 is 0 Å². The third-order valence-electron chi connectivity index (χ3n) is 4.15. The van der Waals surface area contributed by atoms with Crippen molar-refractivity contribution in [3.8, 4) is 0 Å². The average molecular weight is 327 g/mol. The Morgan fingerprint density at radius 2 is 1.58 bits per heavy atom. The van der Waals surface area contributed by atoms with Crippen LogP contribution in [0.4, 0.5) is 17.6 Å². The first kappa shape index (κ1) is 16.4. The van der Waals surface area contributed by atoms with Crippen molar-refractivity contribution in [2.45, 2.75) is 19.8 Å². The predicted molar refractivity (Wildman–Crippen MR) is 96.9 cm³/mol. The highest BCUT2D eigenvalue weighted by molar-refractivity contribution is 5.45. The Morgan fingerprint density at radius 1 is 0.917 bits per heavy atom. The normalized spacial score (nSPS) is 15.0. The fourth-order valence-corrected chi connectivity index (χ4v) is 2.69. The van der Waals surface area contributed by atoms with Crippen LogP contribution in [0.2, 0.25) is 0 Å². The van der Waals surface area contributed by atoms with Gasteiger partial charge in [-0.3, -0.25) is 0 Å². The summed E-state index contributed by atoms with van der Waals surface area (Å²) in [7, 11) is 3.98. The van der Waals surface area contributed by atoms with Gasteiger partial charge in [-0.05, 0) is 12.1 Å². The molecule has 0 N–H and O–H groups in total. The molecular weight excluding hydrogens is 302 g/mol. The minimum atomic E-state index is 0.341. The second-order valence-corrected chi connectivity index (χ2v) is 6.51. The molecule has 0 saturated carbocycles. The quantitative estimate of drug-likeness (QED) is 0.848. The molecule has 0 bridgehead atoms. The van der Waals surface area contributed by atoms with Gasteiger partial charge in [0, 0.05) is 58.6 Å². The molecule has 0 radical (unpaired) electrons. The molecule has 3 heterocycles. The Labute approximate surface area is 143 Å². The van der Waals surface area contributed by atoms with Gasteiger partial charge in [0.2, 0.25) is 5.95 Å². The molecule has 24 heavy (non-hydrogen) atoms. The molecule has 2 aromatic rings. The molecule has 0 aromatic carbocycles. The molecule has 2 aromatic heterocycles. The van der Waals surface area contributed by atoms with Crippen LogP contribution >= 0.6 is 0 Å². The lowest BCUT2D eigenvalue weighted by atomic mass is 10.2. The van der Waals surface area contributed by atoms with E-state index in [-0.39, 0.29) is 0 Å². The van der Waals surface area contributed by atoms with E-state index < -0.39 is 0 Å². The van der Waals surface area contributed by atoms with Gasteiger partial charge in [0.25, 0.3) is 0 Å². The Bertz CT molecular complexity index is 619. The first-order chi connectivity index (χ1) is 11.5. The molecule has 0 amide bonds. The monoisotopic (exact) mass is 327 g/mol. The zero-order valence-corrected chi connectivity index (χ0v) is 14.8. The van der Waals surface area contributed by atoms with E-state index in [1.165, 1.54) is 0 Å². The van der Waals surface area contributed by atoms with Gasteiger partial charge in [0.15, 0.2) is 0 Å². The van der Waals surface area contributed by atoms with Crippen LogP contribution in [0.5, 0.6) is 0 Å². The van der Waals surface area contributed by atoms with Crippen LogP contribution in [0.3, 0.4) is 0 Å². The molecular formula is C17H25N7. The summed E-state index contributed by atoms with van der Waals surface area (Å²) in [5.41, 5.74) is 0. The number of aromatic nitrogens is 4. The first-order valence-corrected chi connectivity index (χ1v) is 8.38. The summed E-state index contributed by atoms with van der Waals surface area (Å²) in [5.74, 6) is 3.98. The highest BCUT2D eigenvalue weighted by atomic mass is 15.3. The lowest BCUT2D eigenvalue weighted by Gasteiger charge is -2.35. The largest absolute Gasteiger partial charge is 0.363 e. The van der Waals surface area contributed by atoms with E-state index in [4.69, 9.17) is 0 Å². The molecule has 0 atom stereocenters. The number of anilines is 3. The van der Waals surface area contributed by atoms with Crippen molar-refractivity contribution < 1.29 is 0 Å². The number of hydrogen-bond donors (Lipinski definition) is 0. The van der Waals surface area contributed by atoms with Gasteiger partial charge < -0.3 is 14.7 Å². The maximum absolute atomic E-state index is 4.69. The molecule has 1 fully saturated rings. The summed E-state index contributed by atoms with van der Waals surface area (Å²) in [5, 5.41) is 0. The van der Waals surface area contributed by atoms with Crippen LogP contribution in [-0.4, -0.2) is 60.2 Å². The van der Waals surface area contributed by atoms with Gasteiger partial charge in [0.1, 0.15) is 17.5 Å². The van der Waals surface area contributed by atoms with Crippen molar-refractivity contribution in [2.75, 3.05) is 55.0 Å². The molecule has 0 spiro atoms. The lowest BCUT2D eigenvalue weighted by molar-refractivity contribution is 0.630. The van der Waals surface area contributed by atoms with Gasteiger partial charge in [-0.2, -0.15) is 4.98 Å². The SMILES string of the molecule is CC(C)c1nccc(N2CCN(c3nccc(N(C)C)n3)CC2)n1. The Kier molecular flexibility index (Phi) is 4.78. The molecule has 1 aliphatic rings. The predicted octanol–water partition coefficient (Wildman–Crippen LogP) is 1.78. The third-order valence-corrected chi connectivity index (χ3v) is 4.15. The number of piperazine rings is 1. The Morgan fingerprint density at radius 3 is 2.25 bits per heavy atom. The maximum Gasteiger partial charge on any atom is 0.227 e. The van der Waals surface area contributed by atoms with Crippen LogP contribution < -0.4 is 14.7 Å². The third kappa shape index (κ3) is 3.55. The van der Waals surface area contributed by atoms with E-state index in [0.29, 0.717) is 5.92 Å². The summed E-state index contributed by atoms with van der Waals surface area (Å²) in [6.07, 6.45) is 3.68. The molecule has 1 saturated heterocycles. The van der Waals surface area contributed by atoms with Crippen molar-refractivity contribution >= 4 is 17.6 Å². The Hall–Kier alpha value is -2.44. The minimum Gasteiger partial charge on any atom is -0.363 e. The second kappa shape index (κ2) is 6.98. The van der Waals surface area contributed by atoms with Gasteiger partial charge in [-0.1, -0.05) is 13.8 Å². The van der Waals surface area contributed by atoms with Gasteiger partial charge in [-0.15, -0.1) is 0 Å². The molecule has 3 rings (SSSR count). The molecule has 7 nitrogen and oxygen atoms in total. The standard InChI is InChI=1S/C17H25N7/c1-13(2)16-18-7-6-15(20-16)23-9-11-24(12-10-23)17-19-8-5-14(21-17)22(3)4/h5-8,13H,9-12H2,1-4H3. The topological polar surface area (TPSA) is 61.3 Å². The van der Waals surface area contributed by atoms with Crippen molar-refractivity contribution in [3.63, 3.8) is 0 Å². The van der Waals surface area contributed by atoms with E-state index in [9.17, 15) is 0 Å². The number of rotatable bonds is 4. The zero-order valence-electron chi connectivity index (χ0n) is 14.8. The smallest absolute Gasteiger partial charge is 0.227 e. The second-order valence-electron chi connectivity index (χ2n) is 6.51. The van der Waals surface area contributed by atoms with Gasteiger partial charge in [-0.25, -0.2) is 15.0 Å². The summed E-state index contributed by atoms with van der Waals surface area (Å²) in [6.45, 7) is 7.82. The number of hydrogen-bond acceptors (Lipinski definition) is 7. The summed E-state index contributed by atoms with van der Waals surface area (Å²) in [4.78, 5) is 24.6. The molecule has 128 valence electrons. The van der Waals surface area contributed by atoms with E-state index in [1.807, 2.05) is 43.5 Å². The highest BCUT2D eigenvalue weighted by Gasteiger charge is 2.21. The van der Waals surface area contributed by atoms with E-state index in [1.54, 1.807) is 0 Å². The summed E-state index contributed by atoms with van der Waals surface area (Å²) >= 11 is 0. The van der Waals surface area contributed by atoms with Gasteiger partial charge in [0.05, 0.1) is 0 Å². The Balaban J connectivity index is 1.68. The van der Waals surface area contributed by atoms with Crippen molar-refractivity contribution in [2.24, 2.45) is 0 Å². The minimum absolute atomic E-state index is 0.341. The average Bonchev–Trinajstić information content (AvgIpc) is 2.62. The van der Waals surface area contributed by atoms with Crippen molar-refractivity contribution in [1.82, 2.24) is 19.9 Å². The molecule has 7 heteroatoms. The molecule has 1 aliphatic heterocycles. The van der Waals surface area contributed by atoms with Crippen molar-refractivity contribution in [3.05, 3.63) is 30.4 Å². The van der Waals surface area contributed by atoms with Crippen LogP contribution in [0, 0.1) is 0 Å². The maximum atomic E-state index is 4.69. The fourth-order valence-electron chi connectivity index (χ4n) is 2.69. The van der Waals surface area contributed by atoms with Crippen LogP contribution in [-0.2, 0) is 0 Å². The van der Waals surface area contributed by atoms with Crippen LogP contribution in [0.15, 0.2) is 24.5 Å². The summed E-state index contributed by atoms with van der Waals surface area (Å²) in [6, 6.07) is 3.92. The first-order valence-electron chi connectivity index (χ1n) is 8.38. The molecule has 0 unspecified atom stereocenters. The van der Waals surface area contributed by atoms with E-state index >= 15 is 0 Å². The van der Waals surface area contributed by atoms with Crippen LogP contribution in [0.1, 0.15) is 25.6 Å². The summed E-state index contributed by atoms with van der Waals surface area (Å²) < 4.78 is 0. The van der Waals surface area contributed by atoms with Crippen molar-refractivity contribution in [1.29, 1.82) is 0 Å². The lowest BCUT2D eigenvalue weighted by Crippen LogP contribution is -2.47. The van der Waals surface area contributed by atoms with Crippen LogP contribution in [0.25, 0.3) is 0 Å². The zero-order chi connectivity index (χ0) is 17.1. The molecule has 0 aliphatic carbocycles. The van der Waals surface area contributed by atoms with E-state index in [2.05, 4.69) is 43.6 Å².